The Kier molecular flexibility index (Phi) is 5.57. The second kappa shape index (κ2) is 7.43. The summed E-state index contributed by atoms with van der Waals surface area (Å²) in [6, 6.07) is 16.2. The Balaban J connectivity index is 2.27. The predicted octanol–water partition coefficient (Wildman–Crippen LogP) is 3.11. The molecule has 3 heteroatoms. The van der Waals surface area contributed by atoms with Crippen LogP contribution in [0.2, 0.25) is 6.04 Å². The molecule has 1 radical (unpaired) electrons. The van der Waals surface area contributed by atoms with Gasteiger partial charge in [-0.05, 0) is 22.0 Å². The Morgan fingerprint density at radius 2 is 1.79 bits per heavy atom. The molecule has 101 valence electrons. The van der Waals surface area contributed by atoms with Gasteiger partial charge in [-0.2, -0.15) is 0 Å². The van der Waals surface area contributed by atoms with Gasteiger partial charge in [0.15, 0.2) is 0 Å². The van der Waals surface area contributed by atoms with E-state index in [1.54, 1.807) is 7.11 Å². The van der Waals surface area contributed by atoms with Crippen molar-refractivity contribution < 1.29 is 9.16 Å². The predicted molar refractivity (Wildman–Crippen MR) is 82.3 cm³/mol. The summed E-state index contributed by atoms with van der Waals surface area (Å²) in [5.74, 6) is 0. The molecule has 0 saturated carbocycles. The third kappa shape index (κ3) is 3.66. The second-order valence-electron chi connectivity index (χ2n) is 4.54. The van der Waals surface area contributed by atoms with Gasteiger partial charge in [-0.25, -0.2) is 0 Å². The molecule has 2 aromatic carbocycles. The summed E-state index contributed by atoms with van der Waals surface area (Å²) in [5.41, 5.74) is 0. The lowest BCUT2D eigenvalue weighted by Gasteiger charge is -2.17. The molecule has 0 aromatic heterocycles. The van der Waals surface area contributed by atoms with Crippen molar-refractivity contribution in [1.82, 2.24) is 0 Å². The van der Waals surface area contributed by atoms with Gasteiger partial charge < -0.3 is 9.16 Å². The standard InChI is InChI=1S/C16H21O2Si/c1-3-13-19(18-12-11-17-2)16-10-6-8-14-7-4-5-9-15(14)16/h4-10H,3,11-13H2,1-2H3. The zero-order valence-corrected chi connectivity index (χ0v) is 12.7. The topological polar surface area (TPSA) is 18.5 Å². The molecule has 0 heterocycles. The van der Waals surface area contributed by atoms with Crippen molar-refractivity contribution in [3.63, 3.8) is 0 Å². The van der Waals surface area contributed by atoms with Crippen molar-refractivity contribution in [2.75, 3.05) is 20.3 Å². The first-order valence-corrected chi connectivity index (χ1v) is 8.44. The molecular formula is C16H21O2Si. The van der Waals surface area contributed by atoms with Crippen molar-refractivity contribution in [2.45, 2.75) is 19.4 Å². The van der Waals surface area contributed by atoms with Gasteiger partial charge in [0.2, 0.25) is 9.04 Å². The van der Waals surface area contributed by atoms with E-state index in [9.17, 15) is 0 Å². The van der Waals surface area contributed by atoms with Gasteiger partial charge in [0, 0.05) is 7.11 Å². The summed E-state index contributed by atoms with van der Waals surface area (Å²) in [7, 11) is 0.765. The highest BCUT2D eigenvalue weighted by atomic mass is 28.3. The average molecular weight is 273 g/mol. The highest BCUT2D eigenvalue weighted by molar-refractivity contribution is 6.70. The first-order chi connectivity index (χ1) is 9.36. The van der Waals surface area contributed by atoms with E-state index in [1.807, 2.05) is 0 Å². The molecule has 0 amide bonds. The Morgan fingerprint density at radius 1 is 1.00 bits per heavy atom. The summed E-state index contributed by atoms with van der Waals surface area (Å²) in [5, 5.41) is 4.03. The number of benzene rings is 2. The Bertz CT molecular complexity index is 508. The van der Waals surface area contributed by atoms with E-state index in [4.69, 9.17) is 9.16 Å². The molecule has 2 aromatic rings. The van der Waals surface area contributed by atoms with Gasteiger partial charge in [-0.1, -0.05) is 55.8 Å². The van der Waals surface area contributed by atoms with Crippen LogP contribution < -0.4 is 5.19 Å². The van der Waals surface area contributed by atoms with E-state index in [2.05, 4.69) is 49.4 Å². The number of ether oxygens (including phenoxy) is 1. The molecule has 0 N–H and O–H groups in total. The lowest BCUT2D eigenvalue weighted by molar-refractivity contribution is 0.147. The molecule has 0 aliphatic heterocycles. The molecule has 19 heavy (non-hydrogen) atoms. The van der Waals surface area contributed by atoms with Crippen molar-refractivity contribution in [1.29, 1.82) is 0 Å². The summed E-state index contributed by atoms with van der Waals surface area (Å²) >= 11 is 0. The van der Waals surface area contributed by atoms with Crippen LogP contribution in [-0.4, -0.2) is 29.4 Å². The van der Waals surface area contributed by atoms with Crippen LogP contribution in [0.5, 0.6) is 0 Å². The van der Waals surface area contributed by atoms with Crippen molar-refractivity contribution in [3.05, 3.63) is 42.5 Å². The van der Waals surface area contributed by atoms with Gasteiger partial charge in [0.25, 0.3) is 0 Å². The average Bonchev–Trinajstić information content (AvgIpc) is 2.46. The van der Waals surface area contributed by atoms with Crippen LogP contribution in [0.25, 0.3) is 10.8 Å². The highest BCUT2D eigenvalue weighted by Crippen LogP contribution is 2.13. The third-order valence-corrected chi connectivity index (χ3v) is 5.67. The normalized spacial score (nSPS) is 11.3. The molecule has 2 nitrogen and oxygen atoms in total. The molecule has 0 spiro atoms. The third-order valence-electron chi connectivity index (χ3n) is 3.13. The maximum Gasteiger partial charge on any atom is 0.247 e. The molecule has 0 bridgehead atoms. The van der Waals surface area contributed by atoms with E-state index >= 15 is 0 Å². The SMILES string of the molecule is CCC[Si](OCCOC)c1cccc2ccccc12. The highest BCUT2D eigenvalue weighted by Gasteiger charge is 2.17. The minimum absolute atomic E-state index is 0.669. The summed E-state index contributed by atoms with van der Waals surface area (Å²) < 4.78 is 11.2. The molecule has 2 rings (SSSR count). The van der Waals surface area contributed by atoms with Gasteiger partial charge >= 0.3 is 0 Å². The molecular weight excluding hydrogens is 252 g/mol. The zero-order valence-electron chi connectivity index (χ0n) is 11.7. The van der Waals surface area contributed by atoms with Crippen molar-refractivity contribution in [3.8, 4) is 0 Å². The maximum absolute atomic E-state index is 6.09. The van der Waals surface area contributed by atoms with Crippen molar-refractivity contribution >= 4 is 25.0 Å². The van der Waals surface area contributed by atoms with Crippen LogP contribution in [-0.2, 0) is 9.16 Å². The molecule has 0 aliphatic carbocycles. The number of rotatable bonds is 7. The molecule has 0 fully saturated rings. The number of hydrogen-bond donors (Lipinski definition) is 0. The molecule has 0 unspecified atom stereocenters. The van der Waals surface area contributed by atoms with Gasteiger partial charge in [0.05, 0.1) is 13.2 Å². The van der Waals surface area contributed by atoms with Crippen LogP contribution in [0.4, 0.5) is 0 Å². The van der Waals surface area contributed by atoms with Gasteiger partial charge in [-0.15, -0.1) is 0 Å². The van der Waals surface area contributed by atoms with Gasteiger partial charge in [-0.3, -0.25) is 0 Å². The smallest absolute Gasteiger partial charge is 0.247 e. The molecule has 0 atom stereocenters. The van der Waals surface area contributed by atoms with E-state index in [0.717, 1.165) is 12.5 Å². The fraction of sp³-hybridized carbons (Fsp3) is 0.375. The van der Waals surface area contributed by atoms with Crippen LogP contribution in [0.1, 0.15) is 13.3 Å². The Hall–Kier alpha value is -1.16. The summed E-state index contributed by atoms with van der Waals surface area (Å²) in [6.07, 6.45) is 1.16. The summed E-state index contributed by atoms with van der Waals surface area (Å²) in [6.45, 7) is 3.58. The largest absolute Gasteiger partial charge is 0.409 e. The fourth-order valence-corrected chi connectivity index (χ4v) is 4.39. The lowest BCUT2D eigenvalue weighted by atomic mass is 10.1. The lowest BCUT2D eigenvalue weighted by Crippen LogP contribution is -2.34. The molecule has 0 aliphatic rings. The maximum atomic E-state index is 6.09. The Morgan fingerprint density at radius 3 is 2.58 bits per heavy atom. The van der Waals surface area contributed by atoms with Crippen LogP contribution in [0.15, 0.2) is 42.5 Å². The molecule has 0 saturated heterocycles. The van der Waals surface area contributed by atoms with E-state index in [-0.39, 0.29) is 0 Å². The van der Waals surface area contributed by atoms with E-state index < -0.39 is 9.04 Å². The summed E-state index contributed by atoms with van der Waals surface area (Å²) in [4.78, 5) is 0. The quantitative estimate of drug-likeness (QED) is 0.570. The van der Waals surface area contributed by atoms with Crippen LogP contribution in [0.3, 0.4) is 0 Å². The first kappa shape index (κ1) is 14.3. The fourth-order valence-electron chi connectivity index (χ4n) is 2.23. The van der Waals surface area contributed by atoms with Crippen LogP contribution >= 0.6 is 0 Å². The van der Waals surface area contributed by atoms with Crippen molar-refractivity contribution in [2.24, 2.45) is 0 Å². The minimum atomic E-state index is -0.951. The second-order valence-corrected chi connectivity index (χ2v) is 6.71. The van der Waals surface area contributed by atoms with Gasteiger partial charge in [0.1, 0.15) is 0 Å². The van der Waals surface area contributed by atoms with Crippen LogP contribution in [0, 0.1) is 0 Å². The monoisotopic (exact) mass is 273 g/mol. The minimum Gasteiger partial charge on any atom is -0.409 e. The van der Waals surface area contributed by atoms with E-state index in [1.165, 1.54) is 16.0 Å². The number of hydrogen-bond acceptors (Lipinski definition) is 2. The number of fused-ring (bicyclic) bond motifs is 1. The zero-order chi connectivity index (χ0) is 13.5. The van der Waals surface area contributed by atoms with E-state index in [0.29, 0.717) is 13.2 Å². The number of methoxy groups -OCH3 is 1. The first-order valence-electron chi connectivity index (χ1n) is 6.82. The Labute approximate surface area is 117 Å².